The predicted octanol–water partition coefficient (Wildman–Crippen LogP) is 7.98. The number of ether oxygens (including phenoxy) is 1. The highest BCUT2D eigenvalue weighted by Gasteiger charge is 2.15. The molecule has 1 nitrogen and oxygen atoms in total. The van der Waals surface area contributed by atoms with Crippen LogP contribution in [-0.2, 0) is 0 Å². The number of hydrogen-bond acceptors (Lipinski definition) is 1. The van der Waals surface area contributed by atoms with E-state index in [1.54, 1.807) is 7.11 Å². The van der Waals surface area contributed by atoms with Gasteiger partial charge in [-0.3, -0.25) is 0 Å². The molecule has 0 fully saturated rings. The third kappa shape index (κ3) is 2.56. The van der Waals surface area contributed by atoms with Crippen LogP contribution in [0.3, 0.4) is 0 Å². The topological polar surface area (TPSA) is 9.23 Å². The Morgan fingerprint density at radius 2 is 1.00 bits per heavy atom. The van der Waals surface area contributed by atoms with Crippen LogP contribution in [0, 0.1) is 0 Å². The second kappa shape index (κ2) is 6.60. The first kappa shape index (κ1) is 17.1. The van der Waals surface area contributed by atoms with Crippen molar-refractivity contribution in [1.29, 1.82) is 0 Å². The van der Waals surface area contributed by atoms with E-state index in [9.17, 15) is 0 Å². The fourth-order valence-corrected chi connectivity index (χ4v) is 4.63. The summed E-state index contributed by atoms with van der Waals surface area (Å²) in [5.74, 6) is 0.901. The van der Waals surface area contributed by atoms with Crippen molar-refractivity contribution in [1.82, 2.24) is 0 Å². The lowest BCUT2D eigenvalue weighted by Crippen LogP contribution is -1.91. The summed E-state index contributed by atoms with van der Waals surface area (Å²) in [5, 5.41) is 9.94. The van der Waals surface area contributed by atoms with Gasteiger partial charge in [-0.1, -0.05) is 72.8 Å². The van der Waals surface area contributed by atoms with E-state index < -0.39 is 0 Å². The molecule has 30 heavy (non-hydrogen) atoms. The molecular weight excluding hydrogens is 364 g/mol. The monoisotopic (exact) mass is 384 g/mol. The van der Waals surface area contributed by atoms with Gasteiger partial charge >= 0.3 is 0 Å². The summed E-state index contributed by atoms with van der Waals surface area (Å²) in [7, 11) is 1.76. The second-order valence-electron chi connectivity index (χ2n) is 7.79. The Morgan fingerprint density at radius 1 is 0.467 bits per heavy atom. The molecule has 0 bridgehead atoms. The lowest BCUT2D eigenvalue weighted by atomic mass is 9.90. The van der Waals surface area contributed by atoms with Gasteiger partial charge in [-0.05, 0) is 79.0 Å². The van der Waals surface area contributed by atoms with Gasteiger partial charge in [-0.2, -0.15) is 0 Å². The molecule has 0 amide bonds. The summed E-state index contributed by atoms with van der Waals surface area (Å²) >= 11 is 0. The van der Waals surface area contributed by atoms with Crippen LogP contribution in [0.1, 0.15) is 0 Å². The Balaban J connectivity index is 1.76. The van der Waals surface area contributed by atoms with Gasteiger partial charge in [-0.15, -0.1) is 0 Å². The molecule has 0 aromatic heterocycles. The first-order valence-corrected chi connectivity index (χ1v) is 10.2. The van der Waals surface area contributed by atoms with Crippen LogP contribution in [0.25, 0.3) is 54.2 Å². The van der Waals surface area contributed by atoms with Crippen LogP contribution < -0.4 is 4.74 Å². The Kier molecular flexibility index (Phi) is 3.75. The van der Waals surface area contributed by atoms with Crippen LogP contribution in [-0.4, -0.2) is 7.11 Å². The summed E-state index contributed by atoms with van der Waals surface area (Å²) < 4.78 is 5.86. The lowest BCUT2D eigenvalue weighted by molar-refractivity contribution is 0.417. The Bertz CT molecular complexity index is 1580. The molecule has 0 heterocycles. The van der Waals surface area contributed by atoms with Crippen LogP contribution >= 0.6 is 0 Å². The Morgan fingerprint density at radius 3 is 1.63 bits per heavy atom. The highest BCUT2D eigenvalue weighted by Crippen LogP contribution is 2.42. The molecule has 0 saturated heterocycles. The van der Waals surface area contributed by atoms with E-state index in [1.165, 1.54) is 48.7 Å². The number of hydrogen-bond donors (Lipinski definition) is 0. The van der Waals surface area contributed by atoms with Gasteiger partial charge in [0.05, 0.1) is 7.11 Å². The van der Waals surface area contributed by atoms with E-state index in [-0.39, 0.29) is 0 Å². The predicted molar refractivity (Wildman–Crippen MR) is 128 cm³/mol. The maximum absolute atomic E-state index is 5.86. The molecule has 6 aromatic rings. The molecular formula is C29H20O. The van der Waals surface area contributed by atoms with Crippen molar-refractivity contribution in [2.75, 3.05) is 7.11 Å². The largest absolute Gasteiger partial charge is 0.496 e. The highest BCUT2D eigenvalue weighted by atomic mass is 16.5. The molecule has 0 aliphatic rings. The molecule has 0 atom stereocenters. The average molecular weight is 384 g/mol. The first-order valence-electron chi connectivity index (χ1n) is 10.2. The van der Waals surface area contributed by atoms with Gasteiger partial charge in [-0.25, -0.2) is 0 Å². The second-order valence-corrected chi connectivity index (χ2v) is 7.79. The average Bonchev–Trinajstić information content (AvgIpc) is 2.80. The number of methoxy groups -OCH3 is 1. The smallest absolute Gasteiger partial charge is 0.127 e. The van der Waals surface area contributed by atoms with Crippen molar-refractivity contribution in [3.8, 4) is 16.9 Å². The molecule has 0 unspecified atom stereocenters. The molecule has 0 saturated carbocycles. The minimum atomic E-state index is 0.901. The van der Waals surface area contributed by atoms with Crippen LogP contribution in [0.15, 0.2) is 103 Å². The van der Waals surface area contributed by atoms with Crippen LogP contribution in [0.4, 0.5) is 0 Å². The van der Waals surface area contributed by atoms with Crippen LogP contribution in [0.2, 0.25) is 0 Å². The maximum Gasteiger partial charge on any atom is 0.127 e. The third-order valence-electron chi connectivity index (χ3n) is 6.08. The van der Waals surface area contributed by atoms with Crippen molar-refractivity contribution in [3.63, 3.8) is 0 Å². The third-order valence-corrected chi connectivity index (χ3v) is 6.08. The molecule has 0 aliphatic carbocycles. The van der Waals surface area contributed by atoms with Crippen molar-refractivity contribution < 1.29 is 4.74 Å². The lowest BCUT2D eigenvalue weighted by Gasteiger charge is -2.16. The zero-order chi connectivity index (χ0) is 20.1. The zero-order valence-electron chi connectivity index (χ0n) is 16.7. The summed E-state index contributed by atoms with van der Waals surface area (Å²) in [6.07, 6.45) is 0. The van der Waals surface area contributed by atoms with Crippen molar-refractivity contribution in [2.45, 2.75) is 0 Å². The van der Waals surface area contributed by atoms with Crippen molar-refractivity contribution in [2.24, 2.45) is 0 Å². The standard InChI is InChI=1S/C29H20O/c1-30-28-14-13-24-16-20-8-3-5-10-22(20)18-27(24)29(28)25-12-6-11-23-15-19-7-2-4-9-21(19)17-26(23)25/h2-18H,1H3. The fraction of sp³-hybridized carbons (Fsp3) is 0.0345. The summed E-state index contributed by atoms with van der Waals surface area (Å²) in [6, 6.07) is 37.0. The molecule has 0 radical (unpaired) electrons. The molecule has 6 aromatic carbocycles. The van der Waals surface area contributed by atoms with E-state index in [0.29, 0.717) is 0 Å². The fourth-order valence-electron chi connectivity index (χ4n) is 4.63. The van der Waals surface area contributed by atoms with Crippen LogP contribution in [0.5, 0.6) is 5.75 Å². The minimum absolute atomic E-state index is 0.901. The highest BCUT2D eigenvalue weighted by molar-refractivity contribution is 6.13. The van der Waals surface area contributed by atoms with Gasteiger partial charge in [0.25, 0.3) is 0 Å². The normalized spacial score (nSPS) is 11.5. The van der Waals surface area contributed by atoms with Crippen molar-refractivity contribution >= 4 is 43.1 Å². The molecule has 1 heteroatoms. The number of benzene rings is 6. The maximum atomic E-state index is 5.86. The summed E-state index contributed by atoms with van der Waals surface area (Å²) in [6.45, 7) is 0. The minimum Gasteiger partial charge on any atom is -0.496 e. The Labute approximate surface area is 175 Å². The van der Waals surface area contributed by atoms with E-state index >= 15 is 0 Å². The number of fused-ring (bicyclic) bond motifs is 4. The summed E-state index contributed by atoms with van der Waals surface area (Å²) in [4.78, 5) is 0. The van der Waals surface area contributed by atoms with E-state index in [2.05, 4.69) is 103 Å². The SMILES string of the molecule is COc1ccc2cc3ccccc3cc2c1-c1cccc2cc3ccccc3cc12. The van der Waals surface area contributed by atoms with Gasteiger partial charge < -0.3 is 4.74 Å². The zero-order valence-corrected chi connectivity index (χ0v) is 16.7. The van der Waals surface area contributed by atoms with Gasteiger partial charge in [0.2, 0.25) is 0 Å². The van der Waals surface area contributed by atoms with Crippen molar-refractivity contribution in [3.05, 3.63) is 103 Å². The Hall–Kier alpha value is -3.84. The van der Waals surface area contributed by atoms with Gasteiger partial charge in [0.15, 0.2) is 0 Å². The quantitative estimate of drug-likeness (QED) is 0.275. The number of rotatable bonds is 2. The first-order chi connectivity index (χ1) is 14.8. The summed E-state index contributed by atoms with van der Waals surface area (Å²) in [5.41, 5.74) is 2.36. The molecule has 142 valence electrons. The molecule has 0 aliphatic heterocycles. The van der Waals surface area contributed by atoms with Gasteiger partial charge in [0, 0.05) is 5.56 Å². The molecule has 6 rings (SSSR count). The molecule has 0 spiro atoms. The molecule has 0 N–H and O–H groups in total. The van der Waals surface area contributed by atoms with E-state index in [4.69, 9.17) is 4.74 Å². The van der Waals surface area contributed by atoms with E-state index in [1.807, 2.05) is 0 Å². The van der Waals surface area contributed by atoms with Gasteiger partial charge in [0.1, 0.15) is 5.75 Å². The van der Waals surface area contributed by atoms with E-state index in [0.717, 1.165) is 11.3 Å².